The summed E-state index contributed by atoms with van der Waals surface area (Å²) in [6.07, 6.45) is 3.51. The van der Waals surface area contributed by atoms with Crippen LogP contribution in [0.2, 0.25) is 0 Å². The van der Waals surface area contributed by atoms with Crippen molar-refractivity contribution in [2.24, 2.45) is 5.84 Å². The molecule has 0 bridgehead atoms. The first kappa shape index (κ1) is 11.9. The van der Waals surface area contributed by atoms with Crippen LogP contribution in [0.1, 0.15) is 30.0 Å². The Kier molecular flexibility index (Phi) is 4.46. The summed E-state index contributed by atoms with van der Waals surface area (Å²) < 4.78 is 13.1. The quantitative estimate of drug-likeness (QED) is 0.443. The van der Waals surface area contributed by atoms with Crippen LogP contribution in [0.4, 0.5) is 4.39 Å². The molecule has 1 unspecified atom stereocenters. The van der Waals surface area contributed by atoms with Gasteiger partial charge in [0.05, 0.1) is 0 Å². The van der Waals surface area contributed by atoms with E-state index in [1.807, 2.05) is 13.0 Å². The van der Waals surface area contributed by atoms with Gasteiger partial charge in [0.15, 0.2) is 0 Å². The van der Waals surface area contributed by atoms with Crippen LogP contribution in [0.5, 0.6) is 0 Å². The van der Waals surface area contributed by atoms with Gasteiger partial charge in [0.2, 0.25) is 0 Å². The van der Waals surface area contributed by atoms with E-state index < -0.39 is 0 Å². The average molecular weight is 208 g/mol. The minimum absolute atomic E-state index is 0.0151. The van der Waals surface area contributed by atoms with Gasteiger partial charge in [-0.25, -0.2) is 4.39 Å². The molecule has 0 amide bonds. The molecule has 1 aromatic rings. The number of hydrogen-bond acceptors (Lipinski definition) is 2. The second-order valence-corrected chi connectivity index (χ2v) is 3.59. The zero-order valence-electron chi connectivity index (χ0n) is 8.96. The molecule has 82 valence electrons. The Balaban J connectivity index is 2.89. The average Bonchev–Trinajstić information content (AvgIpc) is 2.24. The molecule has 0 aliphatic heterocycles. The highest BCUT2D eigenvalue weighted by molar-refractivity contribution is 5.29. The third-order valence-corrected chi connectivity index (χ3v) is 2.48. The van der Waals surface area contributed by atoms with Gasteiger partial charge in [0.1, 0.15) is 5.82 Å². The van der Waals surface area contributed by atoms with Gasteiger partial charge >= 0.3 is 0 Å². The lowest BCUT2D eigenvalue weighted by molar-refractivity contribution is 0.513. The van der Waals surface area contributed by atoms with Crippen molar-refractivity contribution in [3.8, 4) is 0 Å². The fourth-order valence-electron chi connectivity index (χ4n) is 1.60. The SMILES string of the molecule is C=CCCC(NN)c1cc(F)ccc1C. The molecule has 15 heavy (non-hydrogen) atoms. The summed E-state index contributed by atoms with van der Waals surface area (Å²) in [5, 5.41) is 0. The maximum Gasteiger partial charge on any atom is 0.123 e. The predicted octanol–water partition coefficient (Wildman–Crippen LogP) is 2.60. The van der Waals surface area contributed by atoms with Crippen LogP contribution < -0.4 is 11.3 Å². The Hall–Kier alpha value is -1.19. The smallest absolute Gasteiger partial charge is 0.123 e. The Bertz CT molecular complexity index is 336. The van der Waals surface area contributed by atoms with Crippen LogP contribution >= 0.6 is 0 Å². The van der Waals surface area contributed by atoms with Crippen LogP contribution in [0.15, 0.2) is 30.9 Å². The Morgan fingerprint density at radius 2 is 2.33 bits per heavy atom. The van der Waals surface area contributed by atoms with Gasteiger partial charge in [-0.3, -0.25) is 11.3 Å². The van der Waals surface area contributed by atoms with Crippen molar-refractivity contribution < 1.29 is 4.39 Å². The number of rotatable bonds is 5. The first-order valence-corrected chi connectivity index (χ1v) is 5.02. The molecular weight excluding hydrogens is 191 g/mol. The van der Waals surface area contributed by atoms with Crippen molar-refractivity contribution in [1.29, 1.82) is 0 Å². The maximum atomic E-state index is 13.1. The highest BCUT2D eigenvalue weighted by Gasteiger charge is 2.11. The van der Waals surface area contributed by atoms with Gasteiger partial charge in [-0.2, -0.15) is 0 Å². The van der Waals surface area contributed by atoms with Crippen LogP contribution in [0.25, 0.3) is 0 Å². The van der Waals surface area contributed by atoms with E-state index in [1.165, 1.54) is 12.1 Å². The highest BCUT2D eigenvalue weighted by atomic mass is 19.1. The van der Waals surface area contributed by atoms with Gasteiger partial charge in [-0.15, -0.1) is 6.58 Å². The van der Waals surface area contributed by atoms with E-state index in [9.17, 15) is 4.39 Å². The minimum Gasteiger partial charge on any atom is -0.271 e. The molecule has 0 aliphatic carbocycles. The predicted molar refractivity (Wildman–Crippen MR) is 60.6 cm³/mol. The largest absolute Gasteiger partial charge is 0.271 e. The summed E-state index contributed by atoms with van der Waals surface area (Å²) in [5.41, 5.74) is 4.67. The van der Waals surface area contributed by atoms with Crippen molar-refractivity contribution in [2.45, 2.75) is 25.8 Å². The van der Waals surface area contributed by atoms with Crippen LogP contribution in [-0.4, -0.2) is 0 Å². The third kappa shape index (κ3) is 3.15. The zero-order valence-corrected chi connectivity index (χ0v) is 8.96. The molecule has 3 heteroatoms. The topological polar surface area (TPSA) is 38.0 Å². The van der Waals surface area contributed by atoms with Crippen molar-refractivity contribution in [1.82, 2.24) is 5.43 Å². The van der Waals surface area contributed by atoms with E-state index in [0.29, 0.717) is 0 Å². The Morgan fingerprint density at radius 1 is 1.60 bits per heavy atom. The Labute approximate surface area is 90.0 Å². The number of nitrogens with two attached hydrogens (primary N) is 1. The number of halogens is 1. The van der Waals surface area contributed by atoms with E-state index in [1.54, 1.807) is 6.07 Å². The van der Waals surface area contributed by atoms with Gasteiger partial charge in [0, 0.05) is 6.04 Å². The molecule has 0 aromatic heterocycles. The van der Waals surface area contributed by atoms with Crippen molar-refractivity contribution in [2.75, 3.05) is 0 Å². The van der Waals surface area contributed by atoms with Gasteiger partial charge in [-0.1, -0.05) is 12.1 Å². The Morgan fingerprint density at radius 3 is 2.93 bits per heavy atom. The summed E-state index contributed by atoms with van der Waals surface area (Å²) in [6.45, 7) is 5.61. The van der Waals surface area contributed by atoms with Gasteiger partial charge in [-0.05, 0) is 43.0 Å². The lowest BCUT2D eigenvalue weighted by Gasteiger charge is -2.17. The molecule has 1 rings (SSSR count). The van der Waals surface area contributed by atoms with Crippen LogP contribution in [-0.2, 0) is 0 Å². The number of nitrogens with one attached hydrogen (secondary N) is 1. The second kappa shape index (κ2) is 5.63. The number of hydrogen-bond donors (Lipinski definition) is 2. The fourth-order valence-corrected chi connectivity index (χ4v) is 1.60. The normalized spacial score (nSPS) is 12.5. The molecule has 1 atom stereocenters. The monoisotopic (exact) mass is 208 g/mol. The summed E-state index contributed by atoms with van der Waals surface area (Å²) in [6, 6.07) is 4.74. The molecule has 0 heterocycles. The number of hydrazine groups is 1. The van der Waals surface area contributed by atoms with Gasteiger partial charge < -0.3 is 0 Å². The van der Waals surface area contributed by atoms with Crippen molar-refractivity contribution in [3.05, 3.63) is 47.8 Å². The maximum absolute atomic E-state index is 13.1. The van der Waals surface area contributed by atoms with E-state index in [0.717, 1.165) is 24.0 Å². The second-order valence-electron chi connectivity index (χ2n) is 3.59. The zero-order chi connectivity index (χ0) is 11.3. The first-order valence-electron chi connectivity index (χ1n) is 5.02. The van der Waals surface area contributed by atoms with Crippen molar-refractivity contribution in [3.63, 3.8) is 0 Å². The van der Waals surface area contributed by atoms with Crippen molar-refractivity contribution >= 4 is 0 Å². The third-order valence-electron chi connectivity index (χ3n) is 2.48. The number of benzene rings is 1. The lowest BCUT2D eigenvalue weighted by atomic mass is 9.98. The lowest BCUT2D eigenvalue weighted by Crippen LogP contribution is -2.28. The summed E-state index contributed by atoms with van der Waals surface area (Å²) in [4.78, 5) is 0. The molecule has 0 saturated heterocycles. The molecule has 0 spiro atoms. The number of aryl methyl sites for hydroxylation is 1. The molecular formula is C12H17FN2. The molecule has 0 saturated carbocycles. The van der Waals surface area contributed by atoms with E-state index in [-0.39, 0.29) is 11.9 Å². The molecule has 2 nitrogen and oxygen atoms in total. The summed E-state index contributed by atoms with van der Waals surface area (Å²) in [5.74, 6) is 5.23. The first-order chi connectivity index (χ1) is 7.19. The molecule has 1 aromatic carbocycles. The summed E-state index contributed by atoms with van der Waals surface area (Å²) >= 11 is 0. The van der Waals surface area contributed by atoms with Gasteiger partial charge in [0.25, 0.3) is 0 Å². The number of allylic oxidation sites excluding steroid dienone is 1. The van der Waals surface area contributed by atoms with E-state index in [4.69, 9.17) is 5.84 Å². The fraction of sp³-hybridized carbons (Fsp3) is 0.333. The molecule has 3 N–H and O–H groups in total. The molecule has 0 fully saturated rings. The van der Waals surface area contributed by atoms with Crippen LogP contribution in [0, 0.1) is 12.7 Å². The standard InChI is InChI=1S/C12H17FN2/c1-3-4-5-12(15-14)11-8-10(13)7-6-9(11)2/h3,6-8,12,15H,1,4-5,14H2,2H3. The molecule has 0 aliphatic rings. The van der Waals surface area contributed by atoms with E-state index in [2.05, 4.69) is 12.0 Å². The highest BCUT2D eigenvalue weighted by Crippen LogP contribution is 2.22. The van der Waals surface area contributed by atoms with Crippen LogP contribution in [0.3, 0.4) is 0 Å². The van der Waals surface area contributed by atoms with E-state index >= 15 is 0 Å². The minimum atomic E-state index is -0.227. The summed E-state index contributed by atoms with van der Waals surface area (Å²) in [7, 11) is 0. The molecule has 0 radical (unpaired) electrons.